The van der Waals surface area contributed by atoms with Crippen LogP contribution in [0.5, 0.6) is 5.75 Å². The molecule has 3 nitrogen and oxygen atoms in total. The summed E-state index contributed by atoms with van der Waals surface area (Å²) in [5.41, 5.74) is 0.767. The molecule has 0 radical (unpaired) electrons. The molecule has 0 amide bonds. The molecule has 0 aliphatic rings. The van der Waals surface area contributed by atoms with Crippen molar-refractivity contribution in [3.05, 3.63) is 29.3 Å². The molecule has 0 saturated heterocycles. The maximum Gasteiger partial charge on any atom is 2.00 e. The number of aryl methyl sites for hydroxylation is 1. The van der Waals surface area contributed by atoms with Crippen LogP contribution in [0.4, 0.5) is 0 Å². The zero-order valence-corrected chi connectivity index (χ0v) is 23.8. The molecule has 0 bridgehead atoms. The summed E-state index contributed by atoms with van der Waals surface area (Å²) >= 11 is 0. The van der Waals surface area contributed by atoms with Gasteiger partial charge >= 0.3 is 43.7 Å². The fourth-order valence-electron chi connectivity index (χ4n) is 4.54. The third kappa shape index (κ3) is 17.8. The minimum Gasteiger partial charge on any atom is -1.00 e. The van der Waals surface area contributed by atoms with E-state index in [-0.39, 0.29) is 51.9 Å². The molecule has 1 aromatic rings. The van der Waals surface area contributed by atoms with Gasteiger partial charge < -0.3 is 13.1 Å². The Bertz CT molecular complexity index is 599. The average molecular weight is 489 g/mol. The first-order valence-corrected chi connectivity index (χ1v) is 13.7. The third-order valence-corrected chi connectivity index (χ3v) is 6.65. The molecular weight excluding hydrogens is 436 g/mol. The van der Waals surface area contributed by atoms with Gasteiger partial charge in [-0.05, 0) is 24.5 Å². The number of carboxylic acid groups (broad SMARTS) is 1. The fraction of sp³-hybridized carbons (Fsp3) is 0.759. The van der Waals surface area contributed by atoms with Gasteiger partial charge in [0.1, 0.15) is 11.3 Å². The van der Waals surface area contributed by atoms with Crippen molar-refractivity contribution in [2.45, 2.75) is 142 Å². The normalized spacial score (nSPS) is 10.8. The second-order valence-electron chi connectivity index (χ2n) is 9.59. The number of carboxylic acids is 1. The second kappa shape index (κ2) is 23.5. The van der Waals surface area contributed by atoms with Crippen LogP contribution in [0.3, 0.4) is 0 Å². The van der Waals surface area contributed by atoms with E-state index in [9.17, 15) is 9.90 Å². The molecule has 0 fully saturated rings. The number of unbranched alkanes of at least 4 members (excludes halogenated alkanes) is 19. The van der Waals surface area contributed by atoms with E-state index in [0.717, 1.165) is 24.8 Å². The van der Waals surface area contributed by atoms with Crippen LogP contribution in [0, 0.1) is 0 Å². The van der Waals surface area contributed by atoms with Gasteiger partial charge in [-0.3, -0.25) is 0 Å². The molecule has 0 aliphatic carbocycles. The Morgan fingerprint density at radius 3 is 1.39 bits per heavy atom. The van der Waals surface area contributed by atoms with Crippen molar-refractivity contribution in [2.75, 3.05) is 0 Å². The van der Waals surface area contributed by atoms with Gasteiger partial charge in [-0.15, -0.1) is 0 Å². The van der Waals surface area contributed by atoms with E-state index in [0.29, 0.717) is 0 Å². The first-order valence-electron chi connectivity index (χ1n) is 13.7. The minimum absolute atomic E-state index is 0. The molecule has 33 heavy (non-hydrogen) atoms. The molecule has 2 N–H and O–H groups in total. The monoisotopic (exact) mass is 488 g/mol. The molecular formula is C29H52CaO3. The van der Waals surface area contributed by atoms with Gasteiger partial charge in [0.15, 0.2) is 0 Å². The van der Waals surface area contributed by atoms with Gasteiger partial charge in [0.05, 0.1) is 0 Å². The van der Waals surface area contributed by atoms with E-state index in [1.165, 1.54) is 122 Å². The Kier molecular flexibility index (Phi) is 23.3. The van der Waals surface area contributed by atoms with Crippen molar-refractivity contribution < 1.29 is 17.9 Å². The van der Waals surface area contributed by atoms with Gasteiger partial charge in [0.25, 0.3) is 0 Å². The van der Waals surface area contributed by atoms with E-state index in [1.54, 1.807) is 6.07 Å². The van der Waals surface area contributed by atoms with Gasteiger partial charge in [-0.1, -0.05) is 141 Å². The molecule has 1 aromatic carbocycles. The average Bonchev–Trinajstić information content (AvgIpc) is 2.78. The number of benzene rings is 1. The topological polar surface area (TPSA) is 57.5 Å². The smallest absolute Gasteiger partial charge is 1.00 e. The molecule has 188 valence electrons. The number of hydrogen-bond donors (Lipinski definition) is 2. The summed E-state index contributed by atoms with van der Waals surface area (Å²) < 4.78 is 0. The van der Waals surface area contributed by atoms with Crippen molar-refractivity contribution in [1.29, 1.82) is 0 Å². The van der Waals surface area contributed by atoms with Crippen LogP contribution in [-0.2, 0) is 6.42 Å². The molecule has 0 unspecified atom stereocenters. The fourth-order valence-corrected chi connectivity index (χ4v) is 4.54. The number of hydrogen-bond acceptors (Lipinski definition) is 2. The van der Waals surface area contributed by atoms with Gasteiger partial charge in [-0.25, -0.2) is 4.79 Å². The molecule has 0 atom stereocenters. The number of para-hydroxylation sites is 1. The van der Waals surface area contributed by atoms with Crippen molar-refractivity contribution >= 4 is 43.7 Å². The van der Waals surface area contributed by atoms with Crippen LogP contribution in [-0.4, -0.2) is 53.9 Å². The van der Waals surface area contributed by atoms with Crippen molar-refractivity contribution in [3.8, 4) is 5.75 Å². The van der Waals surface area contributed by atoms with Gasteiger partial charge in [-0.2, -0.15) is 0 Å². The second-order valence-corrected chi connectivity index (χ2v) is 9.59. The SMILES string of the molecule is CCCCCCCCCCCCCCCCCCCCCCc1cccc(C(=O)O)c1O.[Ca+2].[H-].[H-]. The summed E-state index contributed by atoms with van der Waals surface area (Å²) in [6, 6.07) is 5.00. The Morgan fingerprint density at radius 1 is 0.667 bits per heavy atom. The van der Waals surface area contributed by atoms with E-state index >= 15 is 0 Å². The minimum atomic E-state index is -1.06. The number of phenols is 1. The summed E-state index contributed by atoms with van der Waals surface area (Å²) in [4.78, 5) is 11.1. The van der Waals surface area contributed by atoms with Crippen molar-refractivity contribution in [1.82, 2.24) is 0 Å². The van der Waals surface area contributed by atoms with Crippen LogP contribution in [0.2, 0.25) is 0 Å². The number of carbonyl (C=O) groups is 1. The largest absolute Gasteiger partial charge is 2.00 e. The molecule has 1 rings (SSSR count). The van der Waals surface area contributed by atoms with Crippen LogP contribution >= 0.6 is 0 Å². The zero-order valence-electron chi connectivity index (χ0n) is 23.6. The molecule has 0 spiro atoms. The molecule has 0 heterocycles. The predicted octanol–water partition coefficient (Wildman–Crippen LogP) is 9.30. The number of aromatic hydroxyl groups is 1. The van der Waals surface area contributed by atoms with Crippen LogP contribution in [0.1, 0.15) is 154 Å². The van der Waals surface area contributed by atoms with Gasteiger partial charge in [0.2, 0.25) is 0 Å². The molecule has 0 aromatic heterocycles. The Morgan fingerprint density at radius 2 is 1.03 bits per heavy atom. The van der Waals surface area contributed by atoms with Crippen molar-refractivity contribution in [2.24, 2.45) is 0 Å². The summed E-state index contributed by atoms with van der Waals surface area (Å²) in [5.74, 6) is -1.12. The Hall–Kier alpha value is -0.250. The first-order chi connectivity index (χ1) is 15.7. The van der Waals surface area contributed by atoms with E-state index in [2.05, 4.69) is 6.92 Å². The van der Waals surface area contributed by atoms with Crippen LogP contribution in [0.25, 0.3) is 0 Å². The zero-order chi connectivity index (χ0) is 23.3. The molecule has 0 aliphatic heterocycles. The first kappa shape index (κ1) is 32.7. The van der Waals surface area contributed by atoms with Crippen LogP contribution in [0.15, 0.2) is 18.2 Å². The predicted molar refractivity (Wildman–Crippen MR) is 145 cm³/mol. The molecule has 0 saturated carbocycles. The maximum absolute atomic E-state index is 11.1. The summed E-state index contributed by atoms with van der Waals surface area (Å²) in [5, 5.41) is 19.1. The third-order valence-electron chi connectivity index (χ3n) is 6.65. The maximum atomic E-state index is 11.1. The summed E-state index contributed by atoms with van der Waals surface area (Å²) in [6.07, 6.45) is 28.1. The Balaban J connectivity index is -0.00000341. The van der Waals surface area contributed by atoms with E-state index in [1.807, 2.05) is 6.07 Å². The van der Waals surface area contributed by atoms with Crippen LogP contribution < -0.4 is 0 Å². The number of rotatable bonds is 22. The Labute approximate surface area is 237 Å². The number of aromatic carboxylic acids is 1. The van der Waals surface area contributed by atoms with E-state index in [4.69, 9.17) is 5.11 Å². The van der Waals surface area contributed by atoms with E-state index < -0.39 is 5.97 Å². The van der Waals surface area contributed by atoms with Crippen molar-refractivity contribution in [3.63, 3.8) is 0 Å². The van der Waals surface area contributed by atoms with Gasteiger partial charge in [0, 0.05) is 0 Å². The summed E-state index contributed by atoms with van der Waals surface area (Å²) in [7, 11) is 0. The summed E-state index contributed by atoms with van der Waals surface area (Å²) in [6.45, 7) is 2.28. The molecule has 4 heteroatoms. The standard InChI is InChI=1S/C29H50O3.Ca.2H/c1-2-3-4-5-6-7-8-9-10-11-12-13-14-15-16-17-18-19-20-21-23-26-24-22-25-27(28(26)30)29(31)32;;;/h22,24-25,30H,2-21,23H2,1H3,(H,31,32);;;/q;+2;2*-1. The quantitative estimate of drug-likeness (QED) is 0.126.